The molecule has 326 valence electrons. The summed E-state index contributed by atoms with van der Waals surface area (Å²) in [6, 6.07) is 52.7. The first-order chi connectivity index (χ1) is 34.4. The van der Waals surface area contributed by atoms with Crippen molar-refractivity contribution >= 4 is 155 Å². The van der Waals surface area contributed by atoms with Crippen molar-refractivity contribution in [2.24, 2.45) is 0 Å². The first kappa shape index (κ1) is 45.7. The van der Waals surface area contributed by atoms with Crippen molar-refractivity contribution in [1.29, 1.82) is 0 Å². The molecule has 0 saturated carbocycles. The van der Waals surface area contributed by atoms with E-state index in [2.05, 4.69) is 174 Å². The van der Waals surface area contributed by atoms with E-state index >= 15 is 0 Å². The van der Waals surface area contributed by atoms with Crippen LogP contribution in [0.2, 0.25) is 0 Å². The Labute approximate surface area is 424 Å². The normalized spacial score (nSPS) is 11.4. The van der Waals surface area contributed by atoms with Gasteiger partial charge in [-0.05, 0) is 41.5 Å². The van der Waals surface area contributed by atoms with Crippen molar-refractivity contribution in [3.63, 3.8) is 0 Å². The average molecular weight is 900 g/mol. The zero-order valence-electron chi connectivity index (χ0n) is 42.1. The largest absolute Gasteiger partial charge is 0.308 e. The van der Waals surface area contributed by atoms with E-state index in [1.54, 1.807) is 0 Å². The van der Waals surface area contributed by atoms with Gasteiger partial charge in [0.05, 0.1) is 16.7 Å². The van der Waals surface area contributed by atoms with Gasteiger partial charge < -0.3 is 4.57 Å². The van der Waals surface area contributed by atoms with Crippen LogP contribution in [0.1, 0.15) is 0 Å². The lowest BCUT2D eigenvalue weighted by atomic mass is 9.60. The molecule has 0 spiro atoms. The van der Waals surface area contributed by atoms with Crippen LogP contribution in [0, 0.1) is 0 Å². The number of nitrogens with zero attached hydrogens (tertiary/aromatic N) is 7. The first-order valence-electron chi connectivity index (χ1n) is 24.4. The van der Waals surface area contributed by atoms with Gasteiger partial charge in [0.2, 0.25) is 0 Å². The molecule has 0 aliphatic rings. The van der Waals surface area contributed by atoms with Gasteiger partial charge in [-0.15, -0.1) is 32.8 Å². The van der Waals surface area contributed by atoms with Gasteiger partial charge >= 0.3 is 0 Å². The van der Waals surface area contributed by atoms with Crippen LogP contribution in [-0.4, -0.2) is 113 Å². The standard InChI is InChI=1S/C54H45B10N7/c55-39-37(40(56)44(60)47(63)43(39)59)53-68-52(69-54(70-53)38-41(57)45(61)48(64)46(62)42(38)58)32-25-29(51-66-49(27-15-6-2-7-16-27)65-50(67-51)28-17-8-3-9-18-28)23-24-34(32)71-33-21-11-10-19-31(33)36-30(20-12-22-35(36)71)26-13-4-1-5-14-26/h1-25H,55-64H2. The second-order valence-electron chi connectivity index (χ2n) is 19.0. The van der Waals surface area contributed by atoms with Crippen molar-refractivity contribution in [2.45, 2.75) is 0 Å². The van der Waals surface area contributed by atoms with Gasteiger partial charge in [-0.3, -0.25) is 0 Å². The molecule has 0 aliphatic heterocycles. The van der Waals surface area contributed by atoms with Crippen LogP contribution in [0.4, 0.5) is 0 Å². The van der Waals surface area contributed by atoms with Crippen molar-refractivity contribution in [1.82, 2.24) is 34.5 Å². The number of hydrogen-bond acceptors (Lipinski definition) is 6. The molecule has 17 heteroatoms. The van der Waals surface area contributed by atoms with Crippen LogP contribution in [0.25, 0.3) is 107 Å². The van der Waals surface area contributed by atoms with E-state index in [4.69, 9.17) is 29.9 Å². The Balaban J connectivity index is 1.27. The van der Waals surface area contributed by atoms with Gasteiger partial charge in [0.15, 0.2) is 34.9 Å². The summed E-state index contributed by atoms with van der Waals surface area (Å²) in [6.07, 6.45) is 0. The molecular formula is C54H45B10N7. The Morgan fingerprint density at radius 2 is 0.676 bits per heavy atom. The SMILES string of the molecule is Bc1c(B)c(B)c(-c2nc(-c3cc(-c4nc(-c5ccccc5)nc(-c5ccccc5)n4)ccc3-n3c4ccccc4c4c(-c5ccccc5)cccc43)nc(-c3c(B)c(B)c(B)c(B)c3B)n2)c(B)c1B. The third kappa shape index (κ3) is 7.79. The van der Waals surface area contributed by atoms with Crippen molar-refractivity contribution < 1.29 is 0 Å². The molecule has 0 fully saturated rings. The highest BCUT2D eigenvalue weighted by molar-refractivity contribution is 6.70. The molecule has 11 aromatic rings. The molecule has 0 bridgehead atoms. The second-order valence-corrected chi connectivity index (χ2v) is 19.0. The van der Waals surface area contributed by atoms with E-state index in [1.807, 2.05) is 60.7 Å². The maximum Gasteiger partial charge on any atom is 0.166 e. The molecule has 8 aromatic carbocycles. The Hall–Kier alpha value is -7.77. The number of hydrogen-bond donors (Lipinski definition) is 0. The van der Waals surface area contributed by atoms with Gasteiger partial charge in [0, 0.05) is 44.2 Å². The number of rotatable bonds is 8. The fourth-order valence-corrected chi connectivity index (χ4v) is 10.5. The number of para-hydroxylation sites is 1. The minimum Gasteiger partial charge on any atom is -0.308 e. The fraction of sp³-hybridized carbons (Fsp3) is 0. The van der Waals surface area contributed by atoms with Crippen LogP contribution >= 0.6 is 0 Å². The maximum absolute atomic E-state index is 5.63. The third-order valence-corrected chi connectivity index (χ3v) is 15.3. The number of aromatic nitrogens is 7. The topological polar surface area (TPSA) is 82.3 Å². The van der Waals surface area contributed by atoms with E-state index in [1.165, 1.54) is 43.7 Å². The van der Waals surface area contributed by atoms with Crippen LogP contribution < -0.4 is 54.6 Å². The van der Waals surface area contributed by atoms with Gasteiger partial charge in [-0.2, -0.15) is 0 Å². The van der Waals surface area contributed by atoms with E-state index in [9.17, 15) is 0 Å². The summed E-state index contributed by atoms with van der Waals surface area (Å²) in [5.74, 6) is 3.56. The van der Waals surface area contributed by atoms with Gasteiger partial charge in [-0.25, -0.2) is 29.9 Å². The third-order valence-electron chi connectivity index (χ3n) is 15.3. The highest BCUT2D eigenvalue weighted by Crippen LogP contribution is 2.41. The molecular weight excluding hydrogens is 855 g/mol. The van der Waals surface area contributed by atoms with E-state index in [0.717, 1.165) is 82.9 Å². The molecule has 0 aliphatic carbocycles. The van der Waals surface area contributed by atoms with Crippen LogP contribution in [-0.2, 0) is 0 Å². The van der Waals surface area contributed by atoms with Crippen LogP contribution in [0.5, 0.6) is 0 Å². The van der Waals surface area contributed by atoms with Gasteiger partial charge in [-0.1, -0.05) is 143 Å². The number of benzene rings is 8. The zero-order chi connectivity index (χ0) is 49.2. The predicted molar refractivity (Wildman–Crippen MR) is 327 cm³/mol. The van der Waals surface area contributed by atoms with E-state index < -0.39 is 0 Å². The minimum absolute atomic E-state index is 0.543. The molecule has 0 radical (unpaired) electrons. The summed E-state index contributed by atoms with van der Waals surface area (Å²) in [5.41, 5.74) is 23.0. The number of fused-ring (bicyclic) bond motifs is 3. The maximum atomic E-state index is 5.63. The highest BCUT2D eigenvalue weighted by atomic mass is 15.1. The Morgan fingerprint density at radius 1 is 0.282 bits per heavy atom. The van der Waals surface area contributed by atoms with Crippen molar-refractivity contribution in [3.05, 3.63) is 152 Å². The first-order valence-corrected chi connectivity index (χ1v) is 24.4. The van der Waals surface area contributed by atoms with Gasteiger partial charge in [0.1, 0.15) is 78.5 Å². The average Bonchev–Trinajstić information content (AvgIpc) is 3.75. The van der Waals surface area contributed by atoms with Crippen LogP contribution in [0.15, 0.2) is 152 Å². The summed E-state index contributed by atoms with van der Waals surface area (Å²) >= 11 is 0. The summed E-state index contributed by atoms with van der Waals surface area (Å²) in [4.78, 5) is 32.3. The monoisotopic (exact) mass is 901 g/mol. The highest BCUT2D eigenvalue weighted by Gasteiger charge is 2.26. The summed E-state index contributed by atoms with van der Waals surface area (Å²) < 4.78 is 2.38. The van der Waals surface area contributed by atoms with Crippen molar-refractivity contribution in [3.8, 4) is 85.1 Å². The molecule has 71 heavy (non-hydrogen) atoms. The lowest BCUT2D eigenvalue weighted by Crippen LogP contribution is -2.55. The van der Waals surface area contributed by atoms with Gasteiger partial charge in [0.25, 0.3) is 0 Å². The summed E-state index contributed by atoms with van der Waals surface area (Å²) in [6.45, 7) is 0. The predicted octanol–water partition coefficient (Wildman–Crippen LogP) is -4.59. The quantitative estimate of drug-likeness (QED) is 0.143. The molecule has 0 saturated heterocycles. The van der Waals surface area contributed by atoms with E-state index in [0.29, 0.717) is 34.9 Å². The summed E-state index contributed by atoms with van der Waals surface area (Å²) in [7, 11) is 22.1. The second kappa shape index (κ2) is 18.2. The lowest BCUT2D eigenvalue weighted by Gasteiger charge is -2.22. The molecule has 0 amide bonds. The smallest absolute Gasteiger partial charge is 0.166 e. The lowest BCUT2D eigenvalue weighted by molar-refractivity contribution is 1.06. The molecule has 3 heterocycles. The molecule has 0 N–H and O–H groups in total. The summed E-state index contributed by atoms with van der Waals surface area (Å²) in [5, 5.41) is 2.33. The Kier molecular flexibility index (Phi) is 11.7. The van der Waals surface area contributed by atoms with Crippen molar-refractivity contribution in [2.75, 3.05) is 0 Å². The van der Waals surface area contributed by atoms with E-state index in [-0.39, 0.29) is 0 Å². The zero-order valence-corrected chi connectivity index (χ0v) is 42.1. The Bertz CT molecular complexity index is 3740. The molecule has 3 aromatic heterocycles. The molecule has 0 atom stereocenters. The Morgan fingerprint density at radius 3 is 1.18 bits per heavy atom. The molecule has 11 rings (SSSR count). The van der Waals surface area contributed by atoms with Crippen LogP contribution in [0.3, 0.4) is 0 Å². The minimum atomic E-state index is 0.543. The fourth-order valence-electron chi connectivity index (χ4n) is 10.5. The molecule has 7 nitrogen and oxygen atoms in total. The molecule has 0 unspecified atom stereocenters.